The highest BCUT2D eigenvalue weighted by Gasteiger charge is 2.50. The number of nitrogens with zero attached hydrogens (tertiary/aromatic N) is 1. The molecule has 4 N–H and O–H groups in total. The molecule has 52 heavy (non-hydrogen) atoms. The molecule has 0 bridgehead atoms. The van der Waals surface area contributed by atoms with E-state index in [0.717, 1.165) is 11.8 Å². The molecule has 2 aromatic rings. The fraction of sp³-hybridized carbons (Fsp3) is 0.575. The van der Waals surface area contributed by atoms with Gasteiger partial charge in [-0.05, 0) is 55.5 Å². The van der Waals surface area contributed by atoms with Crippen molar-refractivity contribution in [2.24, 2.45) is 11.8 Å². The van der Waals surface area contributed by atoms with Gasteiger partial charge in [0.05, 0.1) is 41.8 Å². The summed E-state index contributed by atoms with van der Waals surface area (Å²) in [5.74, 6) is -14.5. The molecule has 2 aliphatic rings. The van der Waals surface area contributed by atoms with Crippen LogP contribution in [0.3, 0.4) is 0 Å². The summed E-state index contributed by atoms with van der Waals surface area (Å²) < 4.78 is 180. The lowest BCUT2D eigenvalue weighted by molar-refractivity contribution is -0.135. The van der Waals surface area contributed by atoms with E-state index < -0.39 is 157 Å². The number of morpholine rings is 1. The predicted molar refractivity (Wildman–Crippen MR) is 198 cm³/mol. The molecule has 0 saturated carbocycles. The average Bonchev–Trinajstić information content (AvgIpc) is 3.75. The Morgan fingerprint density at radius 1 is 0.788 bits per heavy atom. The number of hydrogen-bond acceptors (Lipinski definition) is 8. The van der Waals surface area contributed by atoms with Crippen LogP contribution in [0.25, 0.3) is 0 Å². The van der Waals surface area contributed by atoms with Crippen molar-refractivity contribution in [1.82, 2.24) is 26.2 Å². The van der Waals surface area contributed by atoms with Gasteiger partial charge < -0.3 is 30.7 Å². The first-order valence-electron chi connectivity index (χ1n) is 26.9. The number of ether oxygens (including phenoxy) is 2. The third kappa shape index (κ3) is 13.1. The van der Waals surface area contributed by atoms with Gasteiger partial charge in [-0.3, -0.25) is 28.9 Å². The summed E-state index contributed by atoms with van der Waals surface area (Å²) in [6, 6.07) is 5.84. The fourth-order valence-electron chi connectivity index (χ4n) is 5.20. The molecule has 5 atom stereocenters. The zero-order valence-corrected chi connectivity index (χ0v) is 28.5. The van der Waals surface area contributed by atoms with E-state index in [1.54, 1.807) is 36.4 Å². The topological polar surface area (TPSA) is 158 Å². The monoisotopic (exact) mass is 741 g/mol. The van der Waals surface area contributed by atoms with Crippen molar-refractivity contribution >= 4 is 29.4 Å². The molecule has 12 heteroatoms. The van der Waals surface area contributed by atoms with Gasteiger partial charge in [-0.25, -0.2) is 0 Å². The summed E-state index contributed by atoms with van der Waals surface area (Å²) >= 11 is 0. The number of epoxide rings is 1. The Morgan fingerprint density at radius 3 is 1.96 bits per heavy atom. The van der Waals surface area contributed by atoms with Crippen molar-refractivity contribution in [3.8, 4) is 0 Å². The zero-order chi connectivity index (χ0) is 55.8. The molecular formula is C40H57N5O7. The minimum Gasteiger partial charge on any atom is -0.379 e. The van der Waals surface area contributed by atoms with Crippen molar-refractivity contribution in [3.63, 3.8) is 0 Å². The van der Waals surface area contributed by atoms with E-state index in [4.69, 9.17) is 36.9 Å². The second kappa shape index (κ2) is 19.6. The third-order valence-corrected chi connectivity index (χ3v) is 8.00. The van der Waals surface area contributed by atoms with Crippen molar-refractivity contribution in [3.05, 3.63) is 71.8 Å². The SMILES string of the molecule is [2H]C1([2H])CN(CC(=O)N[C@@H](CCc2ccccc2)C(=O)N[C@@H](CC([2H])(C([2H])([2H])[2H])C([2H])([2H])[2H])C(=O)N[C@@H](Cc2ccccc2)C(=O)N[C@]([2H])(CC([2H])(C([2H])([2H])[2H])C([2H])([2H])[2H])C(=O)[C@]2(C)OC2([2H])[2H])CC([2H])([2H])O1. The minimum absolute atomic E-state index is 0.0351. The Kier molecular flexibility index (Phi) is 7.69. The Hall–Kier alpha value is -4.13. The number of aryl methyl sites for hydroxylation is 1. The fourth-order valence-corrected chi connectivity index (χ4v) is 5.20. The van der Waals surface area contributed by atoms with Crippen molar-refractivity contribution in [2.75, 3.05) is 39.3 Å². The molecule has 0 aliphatic carbocycles. The van der Waals surface area contributed by atoms with E-state index >= 15 is 0 Å². The molecule has 2 fully saturated rings. The number of hydrogen-bond donors (Lipinski definition) is 4. The second-order valence-electron chi connectivity index (χ2n) is 12.4. The number of nitrogens with one attached hydrogen (secondary N) is 4. The highest BCUT2D eigenvalue weighted by Crippen LogP contribution is 2.29. The Bertz CT molecular complexity index is 2270. The van der Waals surface area contributed by atoms with Crippen LogP contribution in [0.2, 0.25) is 0 Å². The highest BCUT2D eigenvalue weighted by atomic mass is 16.6. The van der Waals surface area contributed by atoms with Crippen LogP contribution in [0, 0.1) is 11.8 Å². The standard InChI is InChI=1S/C40H57N5O7/c1-27(2)22-32(36(47)40(5)26-52-40)42-39(50)34(24-30-14-10-7-11-15-30)44-38(49)33(23-28(3)4)43-37(48)31(17-16-29-12-8-6-9-13-29)41-35(46)25-45-18-20-51-21-19-45/h6-15,27-28,31-34H,16-26H2,1-5H3,(H,41,46)(H,42,50)(H,43,48)(H,44,49)/t31-,32+,33-,34-,40+/m0/s1/i1D3,2D3,3D3,4D3,20D2,21D2,26D2,27D,28D,32D. The molecule has 0 spiro atoms. The Balaban J connectivity index is 1.81. The van der Waals surface area contributed by atoms with E-state index in [0.29, 0.717) is 5.56 Å². The normalized spacial score (nSPS) is 30.4. The number of amides is 4. The summed E-state index contributed by atoms with van der Waals surface area (Å²) in [6.45, 7) is -24.1. The van der Waals surface area contributed by atoms with Crippen LogP contribution in [0.15, 0.2) is 60.7 Å². The molecule has 0 unspecified atom stereocenters. The minimum atomic E-state index is -3.80. The quantitative estimate of drug-likeness (QED) is 0.151. The number of rotatable bonds is 20. The molecule has 4 amide bonds. The van der Waals surface area contributed by atoms with Crippen LogP contribution in [-0.4, -0.2) is 103 Å². The van der Waals surface area contributed by atoms with Gasteiger partial charge in [-0.1, -0.05) is 88.1 Å². The van der Waals surface area contributed by atoms with Gasteiger partial charge in [-0.15, -0.1) is 0 Å². The maximum Gasteiger partial charge on any atom is 0.243 e. The lowest BCUT2D eigenvalue weighted by atomic mass is 9.93. The molecular weight excluding hydrogens is 662 g/mol. The molecule has 0 radical (unpaired) electrons. The summed E-state index contributed by atoms with van der Waals surface area (Å²) in [5, 5.41) is 8.69. The molecule has 0 aromatic heterocycles. The molecule has 2 aliphatic heterocycles. The lowest BCUT2D eigenvalue weighted by Gasteiger charge is -2.29. The van der Waals surface area contributed by atoms with Crippen molar-refractivity contribution < 1.29 is 62.2 Å². The van der Waals surface area contributed by atoms with Gasteiger partial charge in [0.2, 0.25) is 23.6 Å². The van der Waals surface area contributed by atoms with Gasteiger partial charge >= 0.3 is 0 Å². The lowest BCUT2D eigenvalue weighted by Crippen LogP contribution is -2.59. The maximum absolute atomic E-state index is 14.7. The molecule has 2 aromatic carbocycles. The molecule has 284 valence electrons. The molecule has 4 rings (SSSR count). The Morgan fingerprint density at radius 2 is 1.35 bits per heavy atom. The van der Waals surface area contributed by atoms with Crippen LogP contribution in [-0.2, 0) is 46.3 Å². The number of Topliss-reactive ketones (excluding diaryl/α,β-unsaturated/α-hetero) is 1. The van der Waals surface area contributed by atoms with Crippen LogP contribution in [0.1, 0.15) is 93.5 Å². The zero-order valence-electron chi connectivity index (χ0n) is 49.5. The van der Waals surface area contributed by atoms with E-state index in [2.05, 4.69) is 16.0 Å². The van der Waals surface area contributed by atoms with E-state index in [1.807, 2.05) is 5.32 Å². The third-order valence-electron chi connectivity index (χ3n) is 8.00. The Labute approximate surface area is 337 Å². The van der Waals surface area contributed by atoms with Crippen molar-refractivity contribution in [2.45, 2.75) is 96.2 Å². The largest absolute Gasteiger partial charge is 0.379 e. The first kappa shape index (κ1) is 20.4. The predicted octanol–water partition coefficient (Wildman–Crippen LogP) is 2.58. The maximum atomic E-state index is 14.7. The number of benzene rings is 2. The van der Waals surface area contributed by atoms with Gasteiger partial charge in [-0.2, -0.15) is 0 Å². The summed E-state index contributed by atoms with van der Waals surface area (Å²) in [4.78, 5) is 72.4. The number of carbonyl (C=O) groups is 5. The molecule has 12 nitrogen and oxygen atoms in total. The average molecular weight is 741 g/mol. The van der Waals surface area contributed by atoms with Crippen LogP contribution in [0.4, 0.5) is 0 Å². The highest BCUT2D eigenvalue weighted by molar-refractivity contribution is 5.98. The van der Waals surface area contributed by atoms with Gasteiger partial charge in [0.25, 0.3) is 0 Å². The van der Waals surface area contributed by atoms with Gasteiger partial charge in [0, 0.05) is 38.7 Å². The number of ketones is 1. The summed E-state index contributed by atoms with van der Waals surface area (Å²) in [5.41, 5.74) is -1.81. The summed E-state index contributed by atoms with van der Waals surface area (Å²) in [6.07, 6.45) is -4.29. The van der Waals surface area contributed by atoms with Crippen LogP contribution in [0.5, 0.6) is 0 Å². The van der Waals surface area contributed by atoms with E-state index in [-0.39, 0.29) is 18.4 Å². The first-order chi connectivity index (χ1) is 32.9. The van der Waals surface area contributed by atoms with E-state index in [9.17, 15) is 25.3 Å². The summed E-state index contributed by atoms with van der Waals surface area (Å²) in [7, 11) is 0. The first-order valence-corrected chi connectivity index (χ1v) is 16.4. The van der Waals surface area contributed by atoms with Crippen LogP contribution < -0.4 is 21.3 Å². The van der Waals surface area contributed by atoms with Crippen molar-refractivity contribution in [1.29, 1.82) is 0 Å². The van der Waals surface area contributed by atoms with E-state index in [1.165, 1.54) is 24.3 Å². The van der Waals surface area contributed by atoms with Gasteiger partial charge in [0.1, 0.15) is 23.7 Å². The van der Waals surface area contributed by atoms with Crippen LogP contribution >= 0.6 is 0 Å². The molecule has 2 heterocycles. The smallest absolute Gasteiger partial charge is 0.243 e. The number of carbonyl (C=O) groups excluding carboxylic acids is 5. The van der Waals surface area contributed by atoms with Gasteiger partial charge in [0.15, 0.2) is 5.78 Å². The molecule has 2 saturated heterocycles. The second-order valence-corrected chi connectivity index (χ2v) is 12.4.